The van der Waals surface area contributed by atoms with E-state index in [2.05, 4.69) is 34.4 Å². The molecule has 0 bridgehead atoms. The summed E-state index contributed by atoms with van der Waals surface area (Å²) in [6.45, 7) is 6.03. The van der Waals surface area contributed by atoms with Gasteiger partial charge in [0.15, 0.2) is 0 Å². The predicted octanol–water partition coefficient (Wildman–Crippen LogP) is 0.696. The second-order valence-electron chi connectivity index (χ2n) is 5.10. The Morgan fingerprint density at radius 1 is 1.47 bits per heavy atom. The quantitative estimate of drug-likeness (QED) is 0.791. The van der Waals surface area contributed by atoms with Gasteiger partial charge in [-0.25, -0.2) is 0 Å². The lowest BCUT2D eigenvalue weighted by atomic mass is 10.3. The highest BCUT2D eigenvalue weighted by Gasteiger charge is 2.28. The van der Waals surface area contributed by atoms with Crippen molar-refractivity contribution in [3.05, 3.63) is 11.6 Å². The van der Waals surface area contributed by atoms with E-state index < -0.39 is 0 Å². The molecule has 0 aliphatic heterocycles. The Bertz CT molecular complexity index is 369. The molecule has 0 saturated heterocycles. The van der Waals surface area contributed by atoms with E-state index in [0.717, 1.165) is 30.8 Å². The zero-order valence-electron chi connectivity index (χ0n) is 11.3. The first-order chi connectivity index (χ1) is 8.09. The van der Waals surface area contributed by atoms with E-state index >= 15 is 0 Å². The highest BCUT2D eigenvalue weighted by molar-refractivity contribution is 4.92. The van der Waals surface area contributed by atoms with Crippen LogP contribution in [-0.2, 0) is 13.6 Å². The molecule has 1 heterocycles. The van der Waals surface area contributed by atoms with E-state index in [0.29, 0.717) is 6.04 Å². The molecule has 0 radical (unpaired) electrons. The fraction of sp³-hybridized carbons (Fsp3) is 0.833. The van der Waals surface area contributed by atoms with Crippen LogP contribution >= 0.6 is 0 Å². The molecule has 17 heavy (non-hydrogen) atoms. The number of aromatic nitrogens is 3. The van der Waals surface area contributed by atoms with Crippen LogP contribution in [0.15, 0.2) is 0 Å². The number of hydrogen-bond acceptors (Lipinski definition) is 4. The Hall–Kier alpha value is -0.940. The van der Waals surface area contributed by atoms with Gasteiger partial charge >= 0.3 is 0 Å². The van der Waals surface area contributed by atoms with Crippen LogP contribution < -0.4 is 5.32 Å². The van der Waals surface area contributed by atoms with E-state index in [4.69, 9.17) is 0 Å². The Morgan fingerprint density at radius 3 is 2.71 bits per heavy atom. The van der Waals surface area contributed by atoms with Crippen LogP contribution in [0.1, 0.15) is 31.4 Å². The van der Waals surface area contributed by atoms with Crippen molar-refractivity contribution in [1.29, 1.82) is 0 Å². The molecule has 1 aliphatic carbocycles. The van der Waals surface area contributed by atoms with Crippen LogP contribution in [-0.4, -0.2) is 45.3 Å². The Morgan fingerprint density at radius 2 is 2.18 bits per heavy atom. The molecule has 1 fully saturated rings. The maximum absolute atomic E-state index is 4.14. The van der Waals surface area contributed by atoms with E-state index in [1.807, 2.05) is 18.5 Å². The van der Waals surface area contributed by atoms with Gasteiger partial charge in [-0.2, -0.15) is 0 Å². The van der Waals surface area contributed by atoms with Crippen molar-refractivity contribution in [3.63, 3.8) is 0 Å². The summed E-state index contributed by atoms with van der Waals surface area (Å²) in [6, 6.07) is 1.40. The summed E-state index contributed by atoms with van der Waals surface area (Å²) in [7, 11) is 4.22. The minimum Gasteiger partial charge on any atom is -0.317 e. The van der Waals surface area contributed by atoms with Crippen LogP contribution in [0.3, 0.4) is 0 Å². The molecule has 1 saturated carbocycles. The van der Waals surface area contributed by atoms with Crippen LogP contribution in [0, 0.1) is 6.92 Å². The van der Waals surface area contributed by atoms with Crippen molar-refractivity contribution in [1.82, 2.24) is 25.0 Å². The number of nitrogens with one attached hydrogen (secondary N) is 1. The summed E-state index contributed by atoms with van der Waals surface area (Å²) in [5.41, 5.74) is 0. The molecular weight excluding hydrogens is 214 g/mol. The molecule has 1 unspecified atom stereocenters. The Labute approximate surface area is 103 Å². The average molecular weight is 237 g/mol. The Kier molecular flexibility index (Phi) is 3.79. The molecular formula is C12H23N5. The first-order valence-electron chi connectivity index (χ1n) is 6.37. The van der Waals surface area contributed by atoms with Crippen LogP contribution in [0.4, 0.5) is 0 Å². The number of likely N-dealkylation sites (N-methyl/N-ethyl adjacent to an activating group) is 1. The Balaban J connectivity index is 1.73. The number of rotatable bonds is 6. The number of nitrogens with zero attached hydrogens (tertiary/aromatic N) is 4. The minimum atomic E-state index is 0.580. The van der Waals surface area contributed by atoms with Gasteiger partial charge < -0.3 is 9.88 Å². The van der Waals surface area contributed by atoms with Crippen LogP contribution in [0.25, 0.3) is 0 Å². The highest BCUT2D eigenvalue weighted by atomic mass is 15.3. The molecule has 0 spiro atoms. The van der Waals surface area contributed by atoms with Crippen molar-refractivity contribution in [2.75, 3.05) is 13.6 Å². The number of hydrogen-bond donors (Lipinski definition) is 1. The first kappa shape index (κ1) is 12.5. The predicted molar refractivity (Wildman–Crippen MR) is 67.7 cm³/mol. The monoisotopic (exact) mass is 237 g/mol. The van der Waals surface area contributed by atoms with Crippen molar-refractivity contribution in [2.24, 2.45) is 7.05 Å². The van der Waals surface area contributed by atoms with E-state index in [9.17, 15) is 0 Å². The van der Waals surface area contributed by atoms with Crippen molar-refractivity contribution in [2.45, 2.75) is 45.3 Å². The summed E-state index contributed by atoms with van der Waals surface area (Å²) in [5.74, 6) is 1.97. The topological polar surface area (TPSA) is 46.0 Å². The van der Waals surface area contributed by atoms with Crippen LogP contribution in [0.5, 0.6) is 0 Å². The van der Waals surface area contributed by atoms with E-state index in [-0.39, 0.29) is 0 Å². The lowest BCUT2D eigenvalue weighted by Crippen LogP contribution is -2.39. The first-order valence-corrected chi connectivity index (χ1v) is 6.37. The molecule has 0 amide bonds. The zero-order valence-corrected chi connectivity index (χ0v) is 11.3. The molecule has 5 heteroatoms. The average Bonchev–Trinajstić information content (AvgIpc) is 3.10. The van der Waals surface area contributed by atoms with Crippen molar-refractivity contribution >= 4 is 0 Å². The largest absolute Gasteiger partial charge is 0.317 e. The SMILES string of the molecule is Cc1nnc(CNCC(C)N(C)C2CC2)n1C. The van der Waals surface area contributed by atoms with Crippen LogP contribution in [0.2, 0.25) is 0 Å². The third-order valence-corrected chi connectivity index (χ3v) is 3.72. The lowest BCUT2D eigenvalue weighted by Gasteiger charge is -2.24. The van der Waals surface area contributed by atoms with Crippen molar-refractivity contribution in [3.8, 4) is 0 Å². The van der Waals surface area contributed by atoms with E-state index in [1.54, 1.807) is 0 Å². The second kappa shape index (κ2) is 5.14. The summed E-state index contributed by atoms with van der Waals surface area (Å²) < 4.78 is 2.03. The fourth-order valence-corrected chi connectivity index (χ4v) is 1.98. The molecule has 1 aromatic rings. The summed E-state index contributed by atoms with van der Waals surface area (Å²) in [4.78, 5) is 2.47. The normalized spacial score (nSPS) is 17.7. The molecule has 1 aromatic heterocycles. The summed E-state index contributed by atoms with van der Waals surface area (Å²) in [5, 5.41) is 11.6. The van der Waals surface area contributed by atoms with Gasteiger partial charge in [0.05, 0.1) is 6.54 Å². The van der Waals surface area contributed by atoms with Gasteiger partial charge in [0.25, 0.3) is 0 Å². The molecule has 2 rings (SSSR count). The molecule has 5 nitrogen and oxygen atoms in total. The molecule has 1 atom stereocenters. The van der Waals surface area contributed by atoms with Gasteiger partial charge in [-0.05, 0) is 33.7 Å². The van der Waals surface area contributed by atoms with Gasteiger partial charge in [0.1, 0.15) is 11.6 Å². The number of aryl methyl sites for hydroxylation is 1. The maximum atomic E-state index is 4.14. The van der Waals surface area contributed by atoms with Gasteiger partial charge in [-0.1, -0.05) is 0 Å². The summed E-state index contributed by atoms with van der Waals surface area (Å²) >= 11 is 0. The standard InChI is InChI=1S/C12H23N5/c1-9(16(3)11-5-6-11)7-13-8-12-15-14-10(2)17(12)4/h9,11,13H,5-8H2,1-4H3. The summed E-state index contributed by atoms with van der Waals surface area (Å²) in [6.07, 6.45) is 2.73. The zero-order chi connectivity index (χ0) is 12.4. The maximum Gasteiger partial charge on any atom is 0.146 e. The van der Waals surface area contributed by atoms with Gasteiger partial charge in [0.2, 0.25) is 0 Å². The van der Waals surface area contributed by atoms with Gasteiger partial charge in [0, 0.05) is 25.7 Å². The van der Waals surface area contributed by atoms with E-state index in [1.165, 1.54) is 12.8 Å². The molecule has 96 valence electrons. The fourth-order valence-electron chi connectivity index (χ4n) is 1.98. The molecule has 1 N–H and O–H groups in total. The third-order valence-electron chi connectivity index (χ3n) is 3.72. The smallest absolute Gasteiger partial charge is 0.146 e. The second-order valence-corrected chi connectivity index (χ2v) is 5.10. The molecule has 1 aliphatic rings. The highest BCUT2D eigenvalue weighted by Crippen LogP contribution is 2.26. The van der Waals surface area contributed by atoms with Gasteiger partial charge in [-0.3, -0.25) is 4.90 Å². The molecule has 0 aromatic carbocycles. The third kappa shape index (κ3) is 3.04. The van der Waals surface area contributed by atoms with Gasteiger partial charge in [-0.15, -0.1) is 10.2 Å². The lowest BCUT2D eigenvalue weighted by molar-refractivity contribution is 0.240. The minimum absolute atomic E-state index is 0.580. The van der Waals surface area contributed by atoms with Crippen molar-refractivity contribution < 1.29 is 0 Å².